The Hall–Kier alpha value is -2.89. The zero-order valence-corrected chi connectivity index (χ0v) is 11.3. The molecule has 1 N–H and O–H groups in total. The van der Waals surface area contributed by atoms with Crippen LogP contribution in [0.15, 0.2) is 54.9 Å². The van der Waals surface area contributed by atoms with Crippen LogP contribution in [0.3, 0.4) is 0 Å². The van der Waals surface area contributed by atoms with Crippen LogP contribution in [0.25, 0.3) is 5.65 Å². The fraction of sp³-hybridized carbons (Fsp3) is 0.133. The first kappa shape index (κ1) is 13.1. The molecule has 3 rings (SSSR count). The third-order valence-corrected chi connectivity index (χ3v) is 3.21. The minimum Gasteiger partial charge on any atom is -0.379 e. The van der Waals surface area contributed by atoms with Crippen molar-refractivity contribution in [1.29, 1.82) is 0 Å². The SMILES string of the molecule is O=[N+]([O-])c1ccccc1NCCc1cn2ccccc2n1. The van der Waals surface area contributed by atoms with Crippen molar-refractivity contribution < 1.29 is 4.92 Å². The van der Waals surface area contributed by atoms with Gasteiger partial charge in [-0.05, 0) is 18.2 Å². The van der Waals surface area contributed by atoms with Crippen molar-refractivity contribution in [3.8, 4) is 0 Å². The van der Waals surface area contributed by atoms with Crippen LogP contribution in [0.4, 0.5) is 11.4 Å². The topological polar surface area (TPSA) is 72.5 Å². The lowest BCUT2D eigenvalue weighted by molar-refractivity contribution is -0.384. The van der Waals surface area contributed by atoms with Gasteiger partial charge in [0.05, 0.1) is 10.6 Å². The summed E-state index contributed by atoms with van der Waals surface area (Å²) in [7, 11) is 0. The number of nitro groups is 1. The van der Waals surface area contributed by atoms with Gasteiger partial charge in [-0.25, -0.2) is 4.98 Å². The number of para-hydroxylation sites is 2. The second-order valence-corrected chi connectivity index (χ2v) is 4.65. The maximum Gasteiger partial charge on any atom is 0.292 e. The zero-order chi connectivity index (χ0) is 14.7. The molecule has 0 bridgehead atoms. The van der Waals surface area contributed by atoms with Gasteiger partial charge in [0.2, 0.25) is 0 Å². The first-order valence-corrected chi connectivity index (χ1v) is 6.64. The fourth-order valence-electron chi connectivity index (χ4n) is 2.22. The molecule has 2 aromatic heterocycles. The predicted molar refractivity (Wildman–Crippen MR) is 80.5 cm³/mol. The highest BCUT2D eigenvalue weighted by molar-refractivity contribution is 5.61. The first-order chi connectivity index (χ1) is 10.2. The number of nitrogens with zero attached hydrogens (tertiary/aromatic N) is 3. The molecular formula is C15H14N4O2. The molecule has 0 atom stereocenters. The molecule has 106 valence electrons. The number of pyridine rings is 1. The highest BCUT2D eigenvalue weighted by atomic mass is 16.6. The second-order valence-electron chi connectivity index (χ2n) is 4.65. The van der Waals surface area contributed by atoms with Crippen LogP contribution in [0, 0.1) is 10.1 Å². The highest BCUT2D eigenvalue weighted by Gasteiger charge is 2.11. The molecule has 21 heavy (non-hydrogen) atoms. The third kappa shape index (κ3) is 2.84. The Labute approximate surface area is 121 Å². The highest BCUT2D eigenvalue weighted by Crippen LogP contribution is 2.22. The maximum atomic E-state index is 10.9. The molecule has 1 aromatic carbocycles. The van der Waals surface area contributed by atoms with Crippen LogP contribution < -0.4 is 5.32 Å². The normalized spacial score (nSPS) is 10.7. The smallest absolute Gasteiger partial charge is 0.292 e. The van der Waals surface area contributed by atoms with E-state index in [0.29, 0.717) is 18.7 Å². The molecular weight excluding hydrogens is 268 g/mol. The minimum atomic E-state index is -0.382. The van der Waals surface area contributed by atoms with Crippen LogP contribution >= 0.6 is 0 Å². The number of aromatic nitrogens is 2. The summed E-state index contributed by atoms with van der Waals surface area (Å²) in [6.07, 6.45) is 4.62. The van der Waals surface area contributed by atoms with E-state index >= 15 is 0 Å². The van der Waals surface area contributed by atoms with Crippen molar-refractivity contribution in [3.63, 3.8) is 0 Å². The van der Waals surface area contributed by atoms with Gasteiger partial charge >= 0.3 is 0 Å². The van der Waals surface area contributed by atoms with Gasteiger partial charge in [-0.1, -0.05) is 18.2 Å². The number of benzene rings is 1. The van der Waals surface area contributed by atoms with Gasteiger partial charge in [-0.2, -0.15) is 0 Å². The molecule has 0 aliphatic rings. The Balaban J connectivity index is 1.67. The number of nitrogens with one attached hydrogen (secondary N) is 1. The van der Waals surface area contributed by atoms with Gasteiger partial charge in [0.1, 0.15) is 11.3 Å². The maximum absolute atomic E-state index is 10.9. The molecule has 3 aromatic rings. The summed E-state index contributed by atoms with van der Waals surface area (Å²) in [5, 5.41) is 14.0. The standard InChI is InChI=1S/C15H14N4O2/c20-19(21)14-6-2-1-5-13(14)16-9-8-12-11-18-10-4-3-7-15(18)17-12/h1-7,10-11,16H,8-9H2. The largest absolute Gasteiger partial charge is 0.379 e. The Kier molecular flexibility index (Phi) is 3.51. The van der Waals surface area contributed by atoms with E-state index in [2.05, 4.69) is 10.3 Å². The molecule has 0 amide bonds. The number of hydrogen-bond acceptors (Lipinski definition) is 4. The molecule has 2 heterocycles. The van der Waals surface area contributed by atoms with E-state index in [1.807, 2.05) is 35.0 Å². The molecule has 0 saturated carbocycles. The molecule has 0 unspecified atom stereocenters. The number of nitro benzene ring substituents is 1. The Morgan fingerprint density at radius 2 is 2.00 bits per heavy atom. The molecule has 6 nitrogen and oxygen atoms in total. The average Bonchev–Trinajstić information content (AvgIpc) is 2.90. The van der Waals surface area contributed by atoms with Gasteiger partial charge in [0.25, 0.3) is 5.69 Å². The van der Waals surface area contributed by atoms with Gasteiger partial charge in [-0.3, -0.25) is 10.1 Å². The summed E-state index contributed by atoms with van der Waals surface area (Å²) in [6.45, 7) is 0.592. The number of anilines is 1. The minimum absolute atomic E-state index is 0.0903. The van der Waals surface area contributed by atoms with E-state index in [4.69, 9.17) is 0 Å². The van der Waals surface area contributed by atoms with Crippen LogP contribution in [0.5, 0.6) is 0 Å². The molecule has 0 saturated heterocycles. The quantitative estimate of drug-likeness (QED) is 0.577. The fourth-order valence-corrected chi connectivity index (χ4v) is 2.22. The van der Waals surface area contributed by atoms with E-state index in [1.165, 1.54) is 6.07 Å². The lowest BCUT2D eigenvalue weighted by atomic mass is 10.2. The van der Waals surface area contributed by atoms with Gasteiger partial charge in [-0.15, -0.1) is 0 Å². The lowest BCUT2D eigenvalue weighted by Gasteiger charge is -2.05. The number of rotatable bonds is 5. The van der Waals surface area contributed by atoms with Crippen molar-refractivity contribution >= 4 is 17.0 Å². The third-order valence-electron chi connectivity index (χ3n) is 3.21. The van der Waals surface area contributed by atoms with Crippen molar-refractivity contribution in [2.24, 2.45) is 0 Å². The van der Waals surface area contributed by atoms with Gasteiger partial charge in [0, 0.05) is 31.4 Å². The van der Waals surface area contributed by atoms with Crippen LogP contribution in [-0.4, -0.2) is 20.9 Å². The Morgan fingerprint density at radius 3 is 2.81 bits per heavy atom. The van der Waals surface area contributed by atoms with Crippen molar-refractivity contribution in [1.82, 2.24) is 9.38 Å². The van der Waals surface area contributed by atoms with Crippen molar-refractivity contribution in [2.45, 2.75) is 6.42 Å². The summed E-state index contributed by atoms with van der Waals surface area (Å²) in [4.78, 5) is 15.0. The number of fused-ring (bicyclic) bond motifs is 1. The summed E-state index contributed by atoms with van der Waals surface area (Å²) >= 11 is 0. The Bertz CT molecular complexity index is 749. The summed E-state index contributed by atoms with van der Waals surface area (Å²) < 4.78 is 1.96. The zero-order valence-electron chi connectivity index (χ0n) is 11.3. The van der Waals surface area contributed by atoms with Crippen LogP contribution in [0.1, 0.15) is 5.69 Å². The van der Waals surface area contributed by atoms with Crippen LogP contribution in [-0.2, 0) is 6.42 Å². The van der Waals surface area contributed by atoms with E-state index in [0.717, 1.165) is 11.3 Å². The molecule has 0 aliphatic carbocycles. The van der Waals surface area contributed by atoms with E-state index in [1.54, 1.807) is 18.2 Å². The number of imidazole rings is 1. The monoisotopic (exact) mass is 282 g/mol. The summed E-state index contributed by atoms with van der Waals surface area (Å²) in [5.41, 5.74) is 2.48. The van der Waals surface area contributed by atoms with E-state index in [-0.39, 0.29) is 10.6 Å². The molecule has 0 aliphatic heterocycles. The lowest BCUT2D eigenvalue weighted by Crippen LogP contribution is -2.06. The average molecular weight is 282 g/mol. The van der Waals surface area contributed by atoms with E-state index < -0.39 is 0 Å². The first-order valence-electron chi connectivity index (χ1n) is 6.64. The summed E-state index contributed by atoms with van der Waals surface area (Å²) in [5.74, 6) is 0. The van der Waals surface area contributed by atoms with Crippen molar-refractivity contribution in [2.75, 3.05) is 11.9 Å². The molecule has 0 fully saturated rings. The Morgan fingerprint density at radius 1 is 1.19 bits per heavy atom. The summed E-state index contributed by atoms with van der Waals surface area (Å²) in [6, 6.07) is 12.5. The number of hydrogen-bond donors (Lipinski definition) is 1. The van der Waals surface area contributed by atoms with Crippen molar-refractivity contribution in [3.05, 3.63) is 70.7 Å². The van der Waals surface area contributed by atoms with Crippen LogP contribution in [0.2, 0.25) is 0 Å². The van der Waals surface area contributed by atoms with E-state index in [9.17, 15) is 10.1 Å². The van der Waals surface area contributed by atoms with Gasteiger partial charge in [0.15, 0.2) is 0 Å². The second kappa shape index (κ2) is 5.62. The molecule has 0 spiro atoms. The molecule has 6 heteroatoms. The van der Waals surface area contributed by atoms with Gasteiger partial charge < -0.3 is 9.72 Å². The predicted octanol–water partition coefficient (Wildman–Crippen LogP) is 2.90. The molecule has 0 radical (unpaired) electrons.